The molecule has 0 fully saturated rings. The van der Waals surface area contributed by atoms with Gasteiger partial charge in [-0.2, -0.15) is 4.31 Å². The number of ether oxygens (including phenoxy) is 1. The van der Waals surface area contributed by atoms with Gasteiger partial charge in [-0.1, -0.05) is 35.3 Å². The van der Waals surface area contributed by atoms with Crippen LogP contribution in [0.3, 0.4) is 0 Å². The van der Waals surface area contributed by atoms with Crippen LogP contribution in [0.2, 0.25) is 8.67 Å². The Balaban J connectivity index is 1.99. The van der Waals surface area contributed by atoms with E-state index in [4.69, 9.17) is 27.9 Å². The van der Waals surface area contributed by atoms with E-state index in [1.54, 1.807) is 0 Å². The van der Waals surface area contributed by atoms with Gasteiger partial charge < -0.3 is 4.74 Å². The molecule has 0 spiro atoms. The molecule has 4 nitrogen and oxygen atoms in total. The molecule has 1 aromatic heterocycles. The Morgan fingerprint density at radius 2 is 2.00 bits per heavy atom. The molecule has 0 aliphatic rings. The zero-order valence-electron chi connectivity index (χ0n) is 12.0. The molecule has 0 bridgehead atoms. The van der Waals surface area contributed by atoms with Gasteiger partial charge in [-0.25, -0.2) is 8.42 Å². The van der Waals surface area contributed by atoms with Crippen molar-refractivity contribution in [2.24, 2.45) is 0 Å². The van der Waals surface area contributed by atoms with Gasteiger partial charge in [0.15, 0.2) is 0 Å². The average Bonchev–Trinajstić information content (AvgIpc) is 2.78. The first-order valence-corrected chi connectivity index (χ1v) is 9.42. The summed E-state index contributed by atoms with van der Waals surface area (Å²) in [6, 6.07) is 8.94. The van der Waals surface area contributed by atoms with Crippen LogP contribution in [-0.2, 0) is 10.0 Å². The fraction of sp³-hybridized carbons (Fsp3) is 0.286. The highest BCUT2D eigenvalue weighted by Crippen LogP contribution is 2.35. The minimum atomic E-state index is -3.66. The number of benzene rings is 1. The van der Waals surface area contributed by atoms with Crippen molar-refractivity contribution in [1.82, 2.24) is 4.31 Å². The number of nitrogens with zero attached hydrogens (tertiary/aromatic N) is 1. The van der Waals surface area contributed by atoms with Gasteiger partial charge in [-0.15, -0.1) is 11.3 Å². The normalized spacial score (nSPS) is 11.9. The zero-order chi connectivity index (χ0) is 16.3. The molecule has 0 saturated heterocycles. The maximum absolute atomic E-state index is 12.4. The minimum absolute atomic E-state index is 0.0298. The molecular formula is C14H15Cl2NO3S2. The molecule has 0 radical (unpaired) electrons. The van der Waals surface area contributed by atoms with E-state index in [1.165, 1.54) is 17.4 Å². The van der Waals surface area contributed by atoms with Crippen LogP contribution in [0.4, 0.5) is 0 Å². The smallest absolute Gasteiger partial charge is 0.245 e. The molecule has 2 aromatic rings. The Morgan fingerprint density at radius 1 is 1.27 bits per heavy atom. The van der Waals surface area contributed by atoms with E-state index in [0.717, 1.165) is 16.9 Å². The number of thiophene rings is 1. The van der Waals surface area contributed by atoms with Crippen LogP contribution in [0, 0.1) is 6.92 Å². The maximum atomic E-state index is 12.4. The summed E-state index contributed by atoms with van der Waals surface area (Å²) in [7, 11) is -2.18. The van der Waals surface area contributed by atoms with E-state index in [9.17, 15) is 8.42 Å². The van der Waals surface area contributed by atoms with E-state index >= 15 is 0 Å². The summed E-state index contributed by atoms with van der Waals surface area (Å²) in [5.74, 6) is 0.711. The molecular weight excluding hydrogens is 365 g/mol. The third-order valence-electron chi connectivity index (χ3n) is 2.98. The summed E-state index contributed by atoms with van der Waals surface area (Å²) >= 11 is 12.7. The molecule has 2 rings (SSSR count). The van der Waals surface area contributed by atoms with Crippen LogP contribution < -0.4 is 4.74 Å². The van der Waals surface area contributed by atoms with Gasteiger partial charge in [0.05, 0.1) is 4.34 Å². The summed E-state index contributed by atoms with van der Waals surface area (Å²) in [6.45, 7) is 2.42. The molecule has 8 heteroatoms. The lowest BCUT2D eigenvalue weighted by atomic mass is 10.2. The monoisotopic (exact) mass is 379 g/mol. The molecule has 0 atom stereocenters. The SMILES string of the molecule is Cc1cccc(OCCN(C)S(=O)(=O)c2cc(Cl)sc2Cl)c1. The summed E-state index contributed by atoms with van der Waals surface area (Å²) in [4.78, 5) is 0.0298. The van der Waals surface area contributed by atoms with Crippen LogP contribution in [0.5, 0.6) is 5.75 Å². The number of rotatable bonds is 6. The highest BCUT2D eigenvalue weighted by atomic mass is 35.5. The van der Waals surface area contributed by atoms with Crippen molar-refractivity contribution in [2.45, 2.75) is 11.8 Å². The topological polar surface area (TPSA) is 46.6 Å². The van der Waals surface area contributed by atoms with Crippen molar-refractivity contribution in [3.05, 3.63) is 44.6 Å². The molecule has 0 unspecified atom stereocenters. The summed E-state index contributed by atoms with van der Waals surface area (Å²) in [5, 5.41) is 0. The Labute approximate surface area is 144 Å². The van der Waals surface area contributed by atoms with Gasteiger partial charge in [0.25, 0.3) is 0 Å². The number of hydrogen-bond donors (Lipinski definition) is 0. The summed E-state index contributed by atoms with van der Waals surface area (Å²) in [5.41, 5.74) is 1.08. The van der Waals surface area contributed by atoms with Crippen LogP contribution in [0.1, 0.15) is 5.56 Å². The highest BCUT2D eigenvalue weighted by molar-refractivity contribution is 7.89. The van der Waals surface area contributed by atoms with E-state index in [2.05, 4.69) is 0 Å². The molecule has 0 aliphatic heterocycles. The standard InChI is InChI=1S/C14H15Cl2NO3S2/c1-10-4-3-5-11(8-10)20-7-6-17(2)22(18,19)12-9-13(15)21-14(12)16/h3-5,8-9H,6-7H2,1-2H3. The highest BCUT2D eigenvalue weighted by Gasteiger charge is 2.25. The third-order valence-corrected chi connectivity index (χ3v) is 6.59. The molecule has 0 saturated carbocycles. The van der Waals surface area contributed by atoms with Crippen molar-refractivity contribution < 1.29 is 13.2 Å². The minimum Gasteiger partial charge on any atom is -0.492 e. The van der Waals surface area contributed by atoms with Crippen LogP contribution in [0.15, 0.2) is 35.2 Å². The van der Waals surface area contributed by atoms with Crippen molar-refractivity contribution in [3.63, 3.8) is 0 Å². The molecule has 0 aliphatic carbocycles. The van der Waals surface area contributed by atoms with Crippen molar-refractivity contribution in [1.29, 1.82) is 0 Å². The first kappa shape index (κ1) is 17.6. The largest absolute Gasteiger partial charge is 0.492 e. The van der Waals surface area contributed by atoms with Crippen LogP contribution in [0.25, 0.3) is 0 Å². The Hall–Kier alpha value is -0.790. The first-order chi connectivity index (χ1) is 10.3. The van der Waals surface area contributed by atoms with Crippen LogP contribution >= 0.6 is 34.5 Å². The molecule has 120 valence electrons. The zero-order valence-corrected chi connectivity index (χ0v) is 15.2. The lowest BCUT2D eigenvalue weighted by Gasteiger charge is -2.17. The number of likely N-dealkylation sites (N-methyl/N-ethyl adjacent to an activating group) is 1. The van der Waals surface area contributed by atoms with E-state index in [0.29, 0.717) is 10.1 Å². The number of sulfonamides is 1. The van der Waals surface area contributed by atoms with Crippen molar-refractivity contribution in [2.75, 3.05) is 20.2 Å². The molecule has 1 aromatic carbocycles. The van der Waals surface area contributed by atoms with Gasteiger partial charge in [0.1, 0.15) is 21.6 Å². The summed E-state index contributed by atoms with van der Waals surface area (Å²) < 4.78 is 32.1. The quantitative estimate of drug-likeness (QED) is 0.759. The number of hydrogen-bond acceptors (Lipinski definition) is 4. The Morgan fingerprint density at radius 3 is 2.59 bits per heavy atom. The fourth-order valence-electron chi connectivity index (χ4n) is 1.79. The molecule has 1 heterocycles. The second-order valence-electron chi connectivity index (χ2n) is 4.68. The lowest BCUT2D eigenvalue weighted by molar-refractivity contribution is 0.287. The fourth-order valence-corrected chi connectivity index (χ4v) is 5.05. The lowest BCUT2D eigenvalue weighted by Crippen LogP contribution is -2.30. The van der Waals surface area contributed by atoms with Crippen LogP contribution in [-0.4, -0.2) is 32.9 Å². The Bertz CT molecular complexity index is 759. The predicted molar refractivity (Wildman–Crippen MR) is 90.8 cm³/mol. The number of aryl methyl sites for hydroxylation is 1. The molecule has 0 N–H and O–H groups in total. The third kappa shape index (κ3) is 4.14. The van der Waals surface area contributed by atoms with Gasteiger partial charge in [-0.3, -0.25) is 0 Å². The Kier molecular flexibility index (Phi) is 5.74. The van der Waals surface area contributed by atoms with E-state index < -0.39 is 10.0 Å². The first-order valence-electron chi connectivity index (χ1n) is 6.41. The van der Waals surface area contributed by atoms with Crippen molar-refractivity contribution >= 4 is 44.6 Å². The van der Waals surface area contributed by atoms with Gasteiger partial charge in [-0.05, 0) is 30.7 Å². The van der Waals surface area contributed by atoms with Gasteiger partial charge in [0.2, 0.25) is 10.0 Å². The molecule has 0 amide bonds. The van der Waals surface area contributed by atoms with E-state index in [-0.39, 0.29) is 22.4 Å². The second kappa shape index (κ2) is 7.19. The second-order valence-corrected chi connectivity index (χ2v) is 8.98. The summed E-state index contributed by atoms with van der Waals surface area (Å²) in [6.07, 6.45) is 0. The number of halogens is 2. The molecule has 22 heavy (non-hydrogen) atoms. The predicted octanol–water partition coefficient (Wildman–Crippen LogP) is 4.06. The van der Waals surface area contributed by atoms with Gasteiger partial charge >= 0.3 is 0 Å². The van der Waals surface area contributed by atoms with E-state index in [1.807, 2.05) is 31.2 Å². The maximum Gasteiger partial charge on any atom is 0.245 e. The van der Waals surface area contributed by atoms with Crippen molar-refractivity contribution in [3.8, 4) is 5.75 Å². The van der Waals surface area contributed by atoms with Gasteiger partial charge in [0, 0.05) is 13.6 Å². The average molecular weight is 380 g/mol.